The van der Waals surface area contributed by atoms with Crippen molar-refractivity contribution < 1.29 is 4.74 Å². The van der Waals surface area contributed by atoms with Gasteiger partial charge in [-0.15, -0.1) is 0 Å². The van der Waals surface area contributed by atoms with E-state index in [-0.39, 0.29) is 5.54 Å². The number of aliphatic imine (C=N–C) groups is 1. The Morgan fingerprint density at radius 1 is 1.31 bits per heavy atom. The average Bonchev–Trinajstić information content (AvgIpc) is 2.81. The monoisotopic (exact) mass is 215 g/mol. The fourth-order valence-corrected chi connectivity index (χ4v) is 2.61. The normalized spacial score (nSPS) is 26.1. The number of aryl methyl sites for hydroxylation is 1. The maximum absolute atomic E-state index is 5.76. The van der Waals surface area contributed by atoms with E-state index >= 15 is 0 Å². The first-order valence-corrected chi connectivity index (χ1v) is 5.96. The van der Waals surface area contributed by atoms with Crippen LogP contribution in [-0.4, -0.2) is 18.0 Å². The lowest BCUT2D eigenvalue weighted by Gasteiger charge is -2.10. The summed E-state index contributed by atoms with van der Waals surface area (Å²) < 4.78 is 5.76. The number of benzene rings is 1. The maximum Gasteiger partial charge on any atom is 0.191 e. The van der Waals surface area contributed by atoms with Gasteiger partial charge in [-0.1, -0.05) is 24.3 Å². The minimum absolute atomic E-state index is 0.0349. The van der Waals surface area contributed by atoms with Crippen LogP contribution in [0.4, 0.5) is 0 Å². The van der Waals surface area contributed by atoms with Crippen molar-refractivity contribution in [2.24, 2.45) is 4.99 Å². The van der Waals surface area contributed by atoms with E-state index in [0.717, 1.165) is 25.3 Å². The number of ether oxygens (including phenoxy) is 1. The quantitative estimate of drug-likeness (QED) is 0.706. The first-order valence-electron chi connectivity index (χ1n) is 5.96. The Morgan fingerprint density at radius 2 is 2.12 bits per heavy atom. The predicted octanol–water partition coefficient (Wildman–Crippen LogP) is 2.92. The second kappa shape index (κ2) is 3.34. The number of hydrogen-bond acceptors (Lipinski definition) is 2. The summed E-state index contributed by atoms with van der Waals surface area (Å²) in [4.78, 5) is 4.70. The highest BCUT2D eigenvalue weighted by atomic mass is 16.5. The SMILES string of the molecule is CC1(C)COC(C2CCc3ccccc32)=N1. The summed E-state index contributed by atoms with van der Waals surface area (Å²) in [7, 11) is 0. The van der Waals surface area contributed by atoms with E-state index < -0.39 is 0 Å². The largest absolute Gasteiger partial charge is 0.478 e. The molecular weight excluding hydrogens is 198 g/mol. The molecule has 0 spiro atoms. The van der Waals surface area contributed by atoms with Gasteiger partial charge in [0.05, 0.1) is 11.5 Å². The molecule has 1 aromatic rings. The van der Waals surface area contributed by atoms with Gasteiger partial charge < -0.3 is 4.74 Å². The maximum atomic E-state index is 5.76. The van der Waals surface area contributed by atoms with Crippen LogP contribution in [0.3, 0.4) is 0 Å². The standard InChI is InChI=1S/C14H17NO/c1-14(2)9-16-13(15-14)12-8-7-10-5-3-4-6-11(10)12/h3-6,12H,7-9H2,1-2H3. The zero-order valence-corrected chi connectivity index (χ0v) is 9.86. The lowest BCUT2D eigenvalue weighted by molar-refractivity contribution is 0.270. The Hall–Kier alpha value is -1.31. The van der Waals surface area contributed by atoms with E-state index in [0.29, 0.717) is 5.92 Å². The molecule has 16 heavy (non-hydrogen) atoms. The van der Waals surface area contributed by atoms with Crippen LogP contribution in [0.25, 0.3) is 0 Å². The highest BCUT2D eigenvalue weighted by molar-refractivity contribution is 5.86. The molecular formula is C14H17NO. The first-order chi connectivity index (χ1) is 7.66. The van der Waals surface area contributed by atoms with Gasteiger partial charge >= 0.3 is 0 Å². The van der Waals surface area contributed by atoms with Crippen molar-refractivity contribution in [3.05, 3.63) is 35.4 Å². The highest BCUT2D eigenvalue weighted by Gasteiger charge is 2.34. The van der Waals surface area contributed by atoms with E-state index in [1.54, 1.807) is 0 Å². The van der Waals surface area contributed by atoms with E-state index in [1.165, 1.54) is 11.1 Å². The number of nitrogens with zero attached hydrogens (tertiary/aromatic N) is 1. The molecule has 1 unspecified atom stereocenters. The number of hydrogen-bond donors (Lipinski definition) is 0. The second-order valence-corrected chi connectivity index (χ2v) is 5.34. The van der Waals surface area contributed by atoms with Crippen molar-refractivity contribution in [1.82, 2.24) is 0 Å². The summed E-state index contributed by atoms with van der Waals surface area (Å²) in [5.74, 6) is 1.35. The molecule has 1 aliphatic heterocycles. The van der Waals surface area contributed by atoms with Gasteiger partial charge in [0.25, 0.3) is 0 Å². The number of rotatable bonds is 1. The zero-order valence-electron chi connectivity index (χ0n) is 9.86. The smallest absolute Gasteiger partial charge is 0.191 e. The second-order valence-electron chi connectivity index (χ2n) is 5.34. The van der Waals surface area contributed by atoms with E-state index in [1.807, 2.05) is 0 Å². The van der Waals surface area contributed by atoms with Crippen molar-refractivity contribution in [2.45, 2.75) is 38.1 Å². The Balaban J connectivity index is 1.94. The van der Waals surface area contributed by atoms with Gasteiger partial charge in [0.2, 0.25) is 0 Å². The Morgan fingerprint density at radius 3 is 2.88 bits per heavy atom. The molecule has 0 amide bonds. The molecule has 2 aliphatic rings. The van der Waals surface area contributed by atoms with Crippen LogP contribution in [-0.2, 0) is 11.2 Å². The first kappa shape index (κ1) is 9.88. The topological polar surface area (TPSA) is 21.6 Å². The molecule has 0 fully saturated rings. The molecule has 0 radical (unpaired) electrons. The molecule has 2 heteroatoms. The summed E-state index contributed by atoms with van der Waals surface area (Å²) in [6.07, 6.45) is 2.30. The molecule has 0 aromatic heterocycles. The minimum atomic E-state index is -0.0349. The third kappa shape index (κ3) is 1.53. The van der Waals surface area contributed by atoms with Gasteiger partial charge in [-0.25, -0.2) is 4.99 Å². The van der Waals surface area contributed by atoms with E-state index in [9.17, 15) is 0 Å². The third-order valence-electron chi connectivity index (χ3n) is 3.42. The molecule has 84 valence electrons. The summed E-state index contributed by atoms with van der Waals surface area (Å²) >= 11 is 0. The van der Waals surface area contributed by atoms with Crippen molar-refractivity contribution >= 4 is 5.90 Å². The van der Waals surface area contributed by atoms with Crippen LogP contribution < -0.4 is 0 Å². The lowest BCUT2D eigenvalue weighted by Crippen LogP contribution is -2.17. The molecule has 3 rings (SSSR count). The van der Waals surface area contributed by atoms with Crippen molar-refractivity contribution in [3.8, 4) is 0 Å². The Kier molecular flexibility index (Phi) is 2.06. The van der Waals surface area contributed by atoms with Crippen LogP contribution in [0.15, 0.2) is 29.3 Å². The lowest BCUT2D eigenvalue weighted by atomic mass is 10.0. The van der Waals surface area contributed by atoms with Gasteiger partial charge in [0.15, 0.2) is 5.90 Å². The van der Waals surface area contributed by atoms with Crippen molar-refractivity contribution in [1.29, 1.82) is 0 Å². The van der Waals surface area contributed by atoms with Gasteiger partial charge in [0.1, 0.15) is 6.61 Å². The molecule has 0 bridgehead atoms. The molecule has 1 atom stereocenters. The van der Waals surface area contributed by atoms with Crippen LogP contribution in [0.5, 0.6) is 0 Å². The molecule has 0 saturated heterocycles. The zero-order chi connectivity index (χ0) is 11.2. The predicted molar refractivity (Wildman–Crippen MR) is 65.0 cm³/mol. The molecule has 0 saturated carbocycles. The Bertz CT molecular complexity index is 448. The molecule has 1 heterocycles. The van der Waals surface area contributed by atoms with Gasteiger partial charge in [-0.3, -0.25) is 0 Å². The van der Waals surface area contributed by atoms with Crippen molar-refractivity contribution in [2.75, 3.05) is 6.61 Å². The minimum Gasteiger partial charge on any atom is -0.478 e. The van der Waals surface area contributed by atoms with Gasteiger partial charge in [-0.2, -0.15) is 0 Å². The Labute approximate surface area is 96.3 Å². The third-order valence-corrected chi connectivity index (χ3v) is 3.42. The average molecular weight is 215 g/mol. The van der Waals surface area contributed by atoms with Crippen LogP contribution in [0.1, 0.15) is 37.3 Å². The van der Waals surface area contributed by atoms with Gasteiger partial charge in [-0.05, 0) is 37.8 Å². The fourth-order valence-electron chi connectivity index (χ4n) is 2.61. The summed E-state index contributed by atoms with van der Waals surface area (Å²) in [6.45, 7) is 4.97. The van der Waals surface area contributed by atoms with E-state index in [2.05, 4.69) is 38.1 Å². The van der Waals surface area contributed by atoms with Crippen LogP contribution >= 0.6 is 0 Å². The van der Waals surface area contributed by atoms with Gasteiger partial charge in [0, 0.05) is 0 Å². The van der Waals surface area contributed by atoms with Crippen LogP contribution in [0, 0.1) is 0 Å². The summed E-state index contributed by atoms with van der Waals surface area (Å²) in [5.41, 5.74) is 2.84. The fraction of sp³-hybridized carbons (Fsp3) is 0.500. The molecule has 2 nitrogen and oxygen atoms in total. The summed E-state index contributed by atoms with van der Waals surface area (Å²) in [6, 6.07) is 8.65. The van der Waals surface area contributed by atoms with Crippen LogP contribution in [0.2, 0.25) is 0 Å². The summed E-state index contributed by atoms with van der Waals surface area (Å²) in [5, 5.41) is 0. The molecule has 0 N–H and O–H groups in total. The highest BCUT2D eigenvalue weighted by Crippen LogP contribution is 2.36. The van der Waals surface area contributed by atoms with Crippen molar-refractivity contribution in [3.63, 3.8) is 0 Å². The van der Waals surface area contributed by atoms with E-state index in [4.69, 9.17) is 9.73 Å². The molecule has 1 aromatic carbocycles. The molecule has 1 aliphatic carbocycles. The number of fused-ring (bicyclic) bond motifs is 1.